The van der Waals surface area contributed by atoms with E-state index in [1.165, 1.54) is 0 Å². The van der Waals surface area contributed by atoms with Gasteiger partial charge in [-0.05, 0) is 61.6 Å². The molecule has 0 unspecified atom stereocenters. The number of fused-ring (bicyclic) bond motifs is 2. The Labute approximate surface area is 223 Å². The molecule has 0 amide bonds. The first-order chi connectivity index (χ1) is 17.6. The van der Waals surface area contributed by atoms with Crippen LogP contribution in [-0.4, -0.2) is 72.1 Å². The third-order valence-electron chi connectivity index (χ3n) is 6.52. The lowest BCUT2D eigenvalue weighted by Crippen LogP contribution is -2.39. The summed E-state index contributed by atoms with van der Waals surface area (Å²) in [6, 6.07) is 15.7. The predicted molar refractivity (Wildman–Crippen MR) is 155 cm³/mol. The summed E-state index contributed by atoms with van der Waals surface area (Å²) in [7, 11) is 0. The zero-order valence-electron chi connectivity index (χ0n) is 21.0. The van der Waals surface area contributed by atoms with Gasteiger partial charge in [0.1, 0.15) is 0 Å². The van der Waals surface area contributed by atoms with Gasteiger partial charge in [-0.25, -0.2) is 0 Å². The molecule has 2 heterocycles. The fraction of sp³-hybridized carbons (Fsp3) is 0.357. The first-order valence-corrected chi connectivity index (χ1v) is 13.3. The van der Waals surface area contributed by atoms with Gasteiger partial charge in [-0.15, -0.1) is 0 Å². The van der Waals surface area contributed by atoms with Crippen LogP contribution in [0.15, 0.2) is 60.9 Å². The van der Waals surface area contributed by atoms with Crippen LogP contribution in [-0.2, 0) is 0 Å². The smallest absolute Gasteiger partial charge is 0.0737 e. The Bertz CT molecular complexity index is 1190. The molecule has 0 fully saturated rings. The van der Waals surface area contributed by atoms with Crippen LogP contribution < -0.4 is 10.6 Å². The molecule has 0 saturated heterocycles. The number of pyridine rings is 2. The minimum atomic E-state index is 0.701. The van der Waals surface area contributed by atoms with Crippen molar-refractivity contribution in [3.05, 3.63) is 71.0 Å². The summed E-state index contributed by atoms with van der Waals surface area (Å²) in [4.78, 5) is 13.9. The van der Waals surface area contributed by atoms with Crippen LogP contribution in [0.2, 0.25) is 10.0 Å². The number of aromatic nitrogens is 2. The second-order valence-electron chi connectivity index (χ2n) is 8.76. The average Bonchev–Trinajstić information content (AvgIpc) is 2.88. The number of nitrogens with zero attached hydrogens (tertiary/aromatic N) is 4. The van der Waals surface area contributed by atoms with Crippen LogP contribution >= 0.6 is 23.2 Å². The highest BCUT2D eigenvalue weighted by molar-refractivity contribution is 6.31. The maximum absolute atomic E-state index is 6.15. The number of rotatable bonds is 13. The molecule has 190 valence electrons. The van der Waals surface area contributed by atoms with Crippen molar-refractivity contribution >= 4 is 56.4 Å². The van der Waals surface area contributed by atoms with Crippen molar-refractivity contribution in [2.45, 2.75) is 13.8 Å². The number of anilines is 2. The van der Waals surface area contributed by atoms with Gasteiger partial charge < -0.3 is 15.5 Å². The Balaban J connectivity index is 1.38. The van der Waals surface area contributed by atoms with Crippen molar-refractivity contribution < 1.29 is 0 Å². The highest BCUT2D eigenvalue weighted by Crippen LogP contribution is 2.25. The molecule has 36 heavy (non-hydrogen) atoms. The van der Waals surface area contributed by atoms with E-state index in [-0.39, 0.29) is 0 Å². The number of hydrogen-bond donors (Lipinski definition) is 2. The van der Waals surface area contributed by atoms with Crippen LogP contribution in [0.4, 0.5) is 11.4 Å². The van der Waals surface area contributed by atoms with Crippen molar-refractivity contribution in [3.8, 4) is 0 Å². The highest BCUT2D eigenvalue weighted by Gasteiger charge is 2.10. The molecule has 0 radical (unpaired) electrons. The van der Waals surface area contributed by atoms with E-state index >= 15 is 0 Å². The lowest BCUT2D eigenvalue weighted by molar-refractivity contribution is 0.223. The van der Waals surface area contributed by atoms with Crippen LogP contribution in [0, 0.1) is 0 Å². The first kappa shape index (κ1) is 26.4. The zero-order valence-corrected chi connectivity index (χ0v) is 22.5. The summed E-state index contributed by atoms with van der Waals surface area (Å²) < 4.78 is 0. The van der Waals surface area contributed by atoms with Crippen molar-refractivity contribution in [2.24, 2.45) is 0 Å². The minimum absolute atomic E-state index is 0.701. The van der Waals surface area contributed by atoms with E-state index in [4.69, 9.17) is 23.2 Å². The Kier molecular flexibility index (Phi) is 9.59. The molecule has 0 bridgehead atoms. The molecule has 4 rings (SSSR count). The average molecular weight is 526 g/mol. The minimum Gasteiger partial charge on any atom is -0.383 e. The number of halogens is 2. The van der Waals surface area contributed by atoms with Crippen LogP contribution in [0.3, 0.4) is 0 Å². The SMILES string of the molecule is CCN(CC)CCN(CCNc1ccnc2cc(Cl)ccc12)CCNc1ccnc2cc(Cl)ccc12. The Morgan fingerprint density at radius 2 is 1.11 bits per heavy atom. The van der Waals surface area contributed by atoms with E-state index < -0.39 is 0 Å². The van der Waals surface area contributed by atoms with Crippen molar-refractivity contribution in [1.82, 2.24) is 19.8 Å². The summed E-state index contributed by atoms with van der Waals surface area (Å²) >= 11 is 12.3. The van der Waals surface area contributed by atoms with Crippen LogP contribution in [0.25, 0.3) is 21.8 Å². The van der Waals surface area contributed by atoms with Gasteiger partial charge in [-0.2, -0.15) is 0 Å². The molecule has 0 spiro atoms. The molecule has 0 aliphatic carbocycles. The second kappa shape index (κ2) is 13.1. The van der Waals surface area contributed by atoms with Gasteiger partial charge in [0.05, 0.1) is 11.0 Å². The normalized spacial score (nSPS) is 11.6. The first-order valence-electron chi connectivity index (χ1n) is 12.6. The van der Waals surface area contributed by atoms with E-state index in [1.54, 1.807) is 0 Å². The van der Waals surface area contributed by atoms with E-state index in [0.717, 1.165) is 85.5 Å². The molecule has 2 aromatic heterocycles. The molecular formula is C28H34Cl2N6. The molecule has 0 aliphatic heterocycles. The van der Waals surface area contributed by atoms with E-state index in [1.807, 2.05) is 60.9 Å². The summed E-state index contributed by atoms with van der Waals surface area (Å²) in [5.74, 6) is 0. The third kappa shape index (κ3) is 6.98. The third-order valence-corrected chi connectivity index (χ3v) is 6.99. The zero-order chi connectivity index (χ0) is 25.3. The van der Waals surface area contributed by atoms with Crippen molar-refractivity contribution in [3.63, 3.8) is 0 Å². The maximum Gasteiger partial charge on any atom is 0.0737 e. The van der Waals surface area contributed by atoms with E-state index in [0.29, 0.717) is 10.0 Å². The Morgan fingerprint density at radius 3 is 1.58 bits per heavy atom. The predicted octanol–water partition coefficient (Wildman–Crippen LogP) is 6.26. The monoisotopic (exact) mass is 524 g/mol. The molecule has 8 heteroatoms. The lowest BCUT2D eigenvalue weighted by Gasteiger charge is -2.27. The van der Waals surface area contributed by atoms with Gasteiger partial charge >= 0.3 is 0 Å². The number of benzene rings is 2. The Hall–Kier alpha value is -2.64. The molecule has 6 nitrogen and oxygen atoms in total. The molecule has 0 aliphatic rings. The van der Waals surface area contributed by atoms with Crippen molar-refractivity contribution in [2.75, 3.05) is 63.0 Å². The fourth-order valence-corrected chi connectivity index (χ4v) is 4.74. The largest absolute Gasteiger partial charge is 0.383 e. The molecule has 2 N–H and O–H groups in total. The number of nitrogens with one attached hydrogen (secondary N) is 2. The van der Waals surface area contributed by atoms with Crippen LogP contribution in [0.5, 0.6) is 0 Å². The van der Waals surface area contributed by atoms with Gasteiger partial charge in [0.2, 0.25) is 0 Å². The highest BCUT2D eigenvalue weighted by atomic mass is 35.5. The summed E-state index contributed by atoms with van der Waals surface area (Å²) in [5.41, 5.74) is 3.97. The molecule has 0 saturated carbocycles. The van der Waals surface area contributed by atoms with E-state index in [2.05, 4.69) is 44.2 Å². The van der Waals surface area contributed by atoms with Crippen molar-refractivity contribution in [1.29, 1.82) is 0 Å². The van der Waals surface area contributed by atoms with E-state index in [9.17, 15) is 0 Å². The standard InChI is InChI=1S/C28H34Cl2N6/c1-3-35(4-2)17-18-36(15-13-33-25-9-11-31-27-19-21(29)5-7-23(25)27)16-14-34-26-10-12-32-28-20-22(30)6-8-24(26)28/h5-12,19-20H,3-4,13-18H2,1-2H3,(H,31,33)(H,32,34). The second-order valence-corrected chi connectivity index (χ2v) is 9.63. The topological polar surface area (TPSA) is 56.3 Å². The Morgan fingerprint density at radius 1 is 0.639 bits per heavy atom. The van der Waals surface area contributed by atoms with Gasteiger partial charge in [-0.3, -0.25) is 14.9 Å². The molecular weight excluding hydrogens is 491 g/mol. The molecule has 0 atom stereocenters. The molecule has 4 aromatic rings. The van der Waals surface area contributed by atoms with Gasteiger partial charge in [0, 0.05) is 83.9 Å². The van der Waals surface area contributed by atoms with Gasteiger partial charge in [-0.1, -0.05) is 37.0 Å². The van der Waals surface area contributed by atoms with Gasteiger partial charge in [0.25, 0.3) is 0 Å². The fourth-order valence-electron chi connectivity index (χ4n) is 4.41. The summed E-state index contributed by atoms with van der Waals surface area (Å²) in [6.07, 6.45) is 3.66. The van der Waals surface area contributed by atoms with Gasteiger partial charge in [0.15, 0.2) is 0 Å². The summed E-state index contributed by atoms with van der Waals surface area (Å²) in [5, 5.41) is 10.8. The number of likely N-dealkylation sites (N-methyl/N-ethyl adjacent to an activating group) is 1. The molecule has 2 aromatic carbocycles. The lowest BCUT2D eigenvalue weighted by atomic mass is 10.2. The number of hydrogen-bond acceptors (Lipinski definition) is 6. The quantitative estimate of drug-likeness (QED) is 0.215. The maximum atomic E-state index is 6.15. The van der Waals surface area contributed by atoms with Crippen LogP contribution in [0.1, 0.15) is 13.8 Å². The summed E-state index contributed by atoms with van der Waals surface area (Å²) in [6.45, 7) is 12.2.